The standard InChI is InChI=1S/C60H92N10O6/c1-43(61-9)55(73)63-53(59(3,4)5)57(75)69-33-19-25-49(69)39-67(35-31-45-21-15-13-16-22-45)51(71)41-65(11)37-47-27-29-48(30-28-47)38-66(12)42-52(72)68(36-32-46-23-17-14-18-24-46)40-50-26-20-34-70(50)58(76)54(60(6,7)8)64-56(74)44(2)62-10/h13-18,21-24,27-30,43-44,49-50,53-54,61-62H,19-20,25-26,31-42H2,1-12H3,(H,63,73)(H,64,74)/t43-,44-,49-,50+,53+,54+/m0/s1. The van der Waals surface area contributed by atoms with E-state index in [0.29, 0.717) is 65.2 Å². The normalized spacial score (nSPS) is 17.6. The average Bonchev–Trinajstić information content (AvgIpc) is 4.06. The van der Waals surface area contributed by atoms with E-state index in [1.807, 2.05) is 121 Å². The first-order chi connectivity index (χ1) is 36.0. The maximum absolute atomic E-state index is 14.3. The van der Waals surface area contributed by atoms with E-state index in [1.54, 1.807) is 27.9 Å². The summed E-state index contributed by atoms with van der Waals surface area (Å²) >= 11 is 0. The first-order valence-electron chi connectivity index (χ1n) is 27.6. The number of carbonyl (C=O) groups excluding carboxylic acids is 6. The highest BCUT2D eigenvalue weighted by molar-refractivity contribution is 5.91. The van der Waals surface area contributed by atoms with Crippen molar-refractivity contribution in [3.8, 4) is 0 Å². The summed E-state index contributed by atoms with van der Waals surface area (Å²) in [7, 11) is 7.34. The fourth-order valence-electron chi connectivity index (χ4n) is 10.2. The Bertz CT molecular complexity index is 2180. The van der Waals surface area contributed by atoms with E-state index in [-0.39, 0.29) is 60.6 Å². The molecule has 2 fully saturated rings. The van der Waals surface area contributed by atoms with E-state index < -0.39 is 35.0 Å². The van der Waals surface area contributed by atoms with Crippen molar-refractivity contribution in [3.05, 3.63) is 107 Å². The molecule has 418 valence electrons. The van der Waals surface area contributed by atoms with Crippen LogP contribution in [0.4, 0.5) is 0 Å². The molecule has 16 nitrogen and oxygen atoms in total. The summed E-state index contributed by atoms with van der Waals surface area (Å²) < 4.78 is 0. The molecule has 4 N–H and O–H groups in total. The smallest absolute Gasteiger partial charge is 0.246 e. The zero-order valence-electron chi connectivity index (χ0n) is 48.0. The molecule has 2 saturated heterocycles. The van der Waals surface area contributed by atoms with Crippen molar-refractivity contribution < 1.29 is 28.8 Å². The number of carbonyl (C=O) groups is 6. The van der Waals surface area contributed by atoms with Gasteiger partial charge in [-0.1, -0.05) is 126 Å². The first kappa shape index (κ1) is 61.2. The molecule has 0 saturated carbocycles. The molecule has 0 aliphatic carbocycles. The van der Waals surface area contributed by atoms with Crippen LogP contribution in [-0.2, 0) is 54.7 Å². The third-order valence-electron chi connectivity index (χ3n) is 15.1. The van der Waals surface area contributed by atoms with E-state index in [2.05, 4.69) is 69.8 Å². The van der Waals surface area contributed by atoms with Gasteiger partial charge in [0, 0.05) is 64.4 Å². The van der Waals surface area contributed by atoms with Gasteiger partial charge in [-0.25, -0.2) is 0 Å². The Labute approximate surface area is 455 Å². The average molecular weight is 1050 g/mol. The Balaban J connectivity index is 1.21. The van der Waals surface area contributed by atoms with Gasteiger partial charge >= 0.3 is 0 Å². The predicted molar refractivity (Wildman–Crippen MR) is 302 cm³/mol. The summed E-state index contributed by atoms with van der Waals surface area (Å²) in [4.78, 5) is 94.9. The minimum Gasteiger partial charge on any atom is -0.342 e. The number of likely N-dealkylation sites (N-methyl/N-ethyl adjacent to an activating group) is 4. The maximum atomic E-state index is 14.3. The van der Waals surface area contributed by atoms with Crippen molar-refractivity contribution in [2.45, 2.75) is 143 Å². The highest BCUT2D eigenvalue weighted by Gasteiger charge is 2.42. The predicted octanol–water partition coefficient (Wildman–Crippen LogP) is 4.95. The Morgan fingerprint density at radius 3 is 1.20 bits per heavy atom. The van der Waals surface area contributed by atoms with Crippen molar-refractivity contribution in [1.29, 1.82) is 0 Å². The van der Waals surface area contributed by atoms with Gasteiger partial charge in [-0.05, 0) is 114 Å². The fraction of sp³-hybridized carbons (Fsp3) is 0.600. The van der Waals surface area contributed by atoms with E-state index >= 15 is 0 Å². The van der Waals surface area contributed by atoms with Crippen molar-refractivity contribution in [2.75, 3.05) is 80.5 Å². The van der Waals surface area contributed by atoms with Gasteiger partial charge in [0.15, 0.2) is 0 Å². The molecule has 3 aromatic carbocycles. The Morgan fingerprint density at radius 1 is 0.539 bits per heavy atom. The molecular weight excluding hydrogens is 957 g/mol. The molecule has 2 aliphatic heterocycles. The minimum atomic E-state index is -0.715. The number of nitrogens with one attached hydrogen (secondary N) is 4. The van der Waals surface area contributed by atoms with Crippen molar-refractivity contribution in [2.24, 2.45) is 10.8 Å². The molecule has 5 rings (SSSR count). The summed E-state index contributed by atoms with van der Waals surface area (Å²) in [6.07, 6.45) is 4.57. The van der Waals surface area contributed by atoms with Crippen LogP contribution in [0, 0.1) is 10.8 Å². The number of hydrogen-bond acceptors (Lipinski definition) is 10. The van der Waals surface area contributed by atoms with E-state index in [9.17, 15) is 28.8 Å². The summed E-state index contributed by atoms with van der Waals surface area (Å²) in [6, 6.07) is 25.9. The molecular formula is C60H92N10O6. The van der Waals surface area contributed by atoms with E-state index in [4.69, 9.17) is 0 Å². The molecule has 2 aliphatic rings. The fourth-order valence-corrected chi connectivity index (χ4v) is 10.2. The lowest BCUT2D eigenvalue weighted by molar-refractivity contribution is -0.142. The Hall–Kier alpha value is -5.68. The van der Waals surface area contributed by atoms with Gasteiger partial charge in [0.1, 0.15) is 12.1 Å². The van der Waals surface area contributed by atoms with Gasteiger partial charge in [-0.15, -0.1) is 0 Å². The molecule has 3 aromatic rings. The van der Waals surface area contributed by atoms with Crippen LogP contribution in [0.15, 0.2) is 84.9 Å². The molecule has 2 heterocycles. The number of hydrogen-bond donors (Lipinski definition) is 4. The molecule has 0 radical (unpaired) electrons. The zero-order chi connectivity index (χ0) is 55.7. The third-order valence-corrected chi connectivity index (χ3v) is 15.1. The number of benzene rings is 3. The Morgan fingerprint density at radius 2 is 0.882 bits per heavy atom. The van der Waals surface area contributed by atoms with Crippen LogP contribution in [0.25, 0.3) is 0 Å². The maximum Gasteiger partial charge on any atom is 0.246 e. The SMILES string of the molecule is CN[C@@H](C)C(=O)N[C@H](C(=O)N1CCC[C@@H]1CN(CCc1ccccc1)C(=O)CN(C)Cc1ccc(CN(C)CC(=O)N(CCc2ccccc2)C[C@@H]2CCCN2C(=O)[C@@H](NC(=O)[C@H](C)NC)C(C)(C)C)cc1)C(C)(C)C. The van der Waals surface area contributed by atoms with Gasteiger partial charge in [-0.2, -0.15) is 0 Å². The summed E-state index contributed by atoms with van der Waals surface area (Å²) in [5.41, 5.74) is 3.33. The van der Waals surface area contributed by atoms with Gasteiger partial charge < -0.3 is 40.9 Å². The first-order valence-corrected chi connectivity index (χ1v) is 27.6. The van der Waals surface area contributed by atoms with Gasteiger partial charge in [-0.3, -0.25) is 38.6 Å². The van der Waals surface area contributed by atoms with Crippen LogP contribution < -0.4 is 21.3 Å². The van der Waals surface area contributed by atoms with Crippen molar-refractivity contribution >= 4 is 35.4 Å². The molecule has 0 bridgehead atoms. The molecule has 0 unspecified atom stereocenters. The van der Waals surface area contributed by atoms with Crippen molar-refractivity contribution in [3.63, 3.8) is 0 Å². The quantitative estimate of drug-likeness (QED) is 0.0864. The number of rotatable bonds is 26. The van der Waals surface area contributed by atoms with Crippen LogP contribution in [0.1, 0.15) is 103 Å². The topological polar surface area (TPSA) is 170 Å². The lowest BCUT2D eigenvalue weighted by Gasteiger charge is -2.38. The largest absolute Gasteiger partial charge is 0.342 e. The molecule has 6 atom stereocenters. The zero-order valence-corrected chi connectivity index (χ0v) is 48.0. The van der Waals surface area contributed by atoms with E-state index in [1.165, 1.54) is 0 Å². The second-order valence-corrected chi connectivity index (χ2v) is 23.6. The second-order valence-electron chi connectivity index (χ2n) is 23.6. The van der Waals surface area contributed by atoms with Gasteiger partial charge in [0.05, 0.1) is 25.2 Å². The summed E-state index contributed by atoms with van der Waals surface area (Å²) in [5.74, 6) is -0.697. The van der Waals surface area contributed by atoms with Crippen LogP contribution in [-0.4, -0.2) is 182 Å². The van der Waals surface area contributed by atoms with Crippen LogP contribution in [0.3, 0.4) is 0 Å². The highest BCUT2D eigenvalue weighted by Crippen LogP contribution is 2.28. The molecule has 76 heavy (non-hydrogen) atoms. The summed E-state index contributed by atoms with van der Waals surface area (Å²) in [5, 5.41) is 12.0. The molecule has 16 heteroatoms. The minimum absolute atomic E-state index is 0.00773. The lowest BCUT2D eigenvalue weighted by atomic mass is 9.85. The summed E-state index contributed by atoms with van der Waals surface area (Å²) in [6.45, 7) is 19.8. The third kappa shape index (κ3) is 18.2. The monoisotopic (exact) mass is 1050 g/mol. The van der Waals surface area contributed by atoms with Gasteiger partial charge in [0.2, 0.25) is 35.4 Å². The number of amides is 6. The second kappa shape index (κ2) is 28.6. The molecule has 0 aromatic heterocycles. The van der Waals surface area contributed by atoms with Crippen LogP contribution in [0.5, 0.6) is 0 Å². The van der Waals surface area contributed by atoms with E-state index in [0.717, 1.165) is 47.9 Å². The number of likely N-dealkylation sites (tertiary alicyclic amines) is 2. The van der Waals surface area contributed by atoms with Crippen LogP contribution in [0.2, 0.25) is 0 Å². The van der Waals surface area contributed by atoms with Gasteiger partial charge in [0.25, 0.3) is 0 Å². The van der Waals surface area contributed by atoms with Crippen LogP contribution >= 0.6 is 0 Å². The van der Waals surface area contributed by atoms with Crippen molar-refractivity contribution in [1.82, 2.24) is 50.7 Å². The Kier molecular flexibility index (Phi) is 23.0. The lowest BCUT2D eigenvalue weighted by Crippen LogP contribution is -2.59. The number of nitrogens with zero attached hydrogens (tertiary/aromatic N) is 6. The molecule has 0 spiro atoms. The molecule has 6 amide bonds. The highest BCUT2D eigenvalue weighted by atomic mass is 16.2.